The van der Waals surface area contributed by atoms with Gasteiger partial charge < -0.3 is 19.9 Å². The maximum atomic E-state index is 12.5. The van der Waals surface area contributed by atoms with Crippen LogP contribution in [0.1, 0.15) is 32.6 Å². The third kappa shape index (κ3) is 6.92. The van der Waals surface area contributed by atoms with Gasteiger partial charge in [0.1, 0.15) is 6.10 Å². The van der Waals surface area contributed by atoms with Gasteiger partial charge in [0.15, 0.2) is 5.96 Å². The van der Waals surface area contributed by atoms with Crippen LogP contribution >= 0.6 is 24.0 Å². The quantitative estimate of drug-likeness (QED) is 0.302. The van der Waals surface area contributed by atoms with E-state index < -0.39 is 10.0 Å². The van der Waals surface area contributed by atoms with Crippen LogP contribution in [0.2, 0.25) is 0 Å². The van der Waals surface area contributed by atoms with Gasteiger partial charge in [0.05, 0.1) is 6.26 Å². The molecule has 3 fully saturated rings. The number of aliphatic imine (C=N–C) groups is 1. The van der Waals surface area contributed by atoms with Crippen molar-refractivity contribution in [3.8, 4) is 0 Å². The predicted octanol–water partition coefficient (Wildman–Crippen LogP) is 0.565. The van der Waals surface area contributed by atoms with Crippen molar-refractivity contribution >= 4 is 45.9 Å². The normalized spacial score (nSPS) is 24.6. The van der Waals surface area contributed by atoms with E-state index in [1.165, 1.54) is 6.26 Å². The fraction of sp³-hybridized carbons (Fsp3) is 0.895. The topological polar surface area (TPSA) is 94.5 Å². The smallest absolute Gasteiger partial charge is 0.251 e. The molecule has 1 unspecified atom stereocenters. The minimum absolute atomic E-state index is 0. The van der Waals surface area contributed by atoms with Crippen LogP contribution in [-0.2, 0) is 19.6 Å². The first-order valence-corrected chi connectivity index (χ1v) is 12.6. The van der Waals surface area contributed by atoms with Crippen molar-refractivity contribution in [3.05, 3.63) is 0 Å². The molecule has 9 nitrogen and oxygen atoms in total. The summed E-state index contributed by atoms with van der Waals surface area (Å²) in [7, 11) is -3.09. The van der Waals surface area contributed by atoms with Crippen molar-refractivity contribution < 1.29 is 17.9 Å². The number of ether oxygens (including phenoxy) is 1. The van der Waals surface area contributed by atoms with Gasteiger partial charge in [-0.25, -0.2) is 12.7 Å². The van der Waals surface area contributed by atoms with Crippen LogP contribution in [0.3, 0.4) is 0 Å². The van der Waals surface area contributed by atoms with Crippen LogP contribution in [0.25, 0.3) is 0 Å². The van der Waals surface area contributed by atoms with E-state index >= 15 is 0 Å². The van der Waals surface area contributed by atoms with E-state index in [4.69, 9.17) is 9.73 Å². The summed E-state index contributed by atoms with van der Waals surface area (Å²) in [5.41, 5.74) is 0. The fourth-order valence-electron chi connectivity index (χ4n) is 4.18. The van der Waals surface area contributed by atoms with Gasteiger partial charge in [-0.15, -0.1) is 24.0 Å². The lowest BCUT2D eigenvalue weighted by Crippen LogP contribution is -2.55. The second-order valence-electron chi connectivity index (χ2n) is 8.11. The van der Waals surface area contributed by atoms with Crippen molar-refractivity contribution in [3.63, 3.8) is 0 Å². The highest BCUT2D eigenvalue weighted by atomic mass is 127. The first-order chi connectivity index (χ1) is 13.9. The molecule has 3 heterocycles. The molecule has 0 bridgehead atoms. The molecule has 1 N–H and O–H groups in total. The predicted molar refractivity (Wildman–Crippen MR) is 128 cm³/mol. The minimum Gasteiger partial charge on any atom is -0.368 e. The lowest BCUT2D eigenvalue weighted by molar-refractivity contribution is -0.142. The van der Waals surface area contributed by atoms with Gasteiger partial charge in [0.25, 0.3) is 5.91 Å². The van der Waals surface area contributed by atoms with Crippen LogP contribution < -0.4 is 5.32 Å². The molecule has 0 aromatic carbocycles. The third-order valence-corrected chi connectivity index (χ3v) is 7.28. The van der Waals surface area contributed by atoms with Crippen LogP contribution in [0.4, 0.5) is 0 Å². The Morgan fingerprint density at radius 1 is 1.07 bits per heavy atom. The molecule has 0 spiro atoms. The average Bonchev–Trinajstić information content (AvgIpc) is 3.25. The number of halogens is 1. The number of guanidine groups is 1. The highest BCUT2D eigenvalue weighted by Gasteiger charge is 2.31. The summed E-state index contributed by atoms with van der Waals surface area (Å²) < 4.78 is 30.4. The molecule has 11 heteroatoms. The number of nitrogens with one attached hydrogen (secondary N) is 1. The molecule has 30 heavy (non-hydrogen) atoms. The molecule has 1 amide bonds. The molecular formula is C19H36IN5O4S. The molecule has 0 radical (unpaired) electrons. The second kappa shape index (κ2) is 11.8. The molecule has 0 aliphatic carbocycles. The van der Waals surface area contributed by atoms with Gasteiger partial charge in [0, 0.05) is 59.0 Å². The molecule has 0 aromatic rings. The molecule has 3 aliphatic heterocycles. The highest BCUT2D eigenvalue weighted by Crippen LogP contribution is 2.20. The molecule has 1 atom stereocenters. The Balaban J connectivity index is 0.00000320. The SMILES string of the molecule is CCNC(=NCC1CCN(S(C)(=O)=O)CC1)N1CCN(C(=O)C2CCCO2)CC1.I. The first kappa shape index (κ1) is 25.6. The first-order valence-electron chi connectivity index (χ1n) is 10.8. The van der Waals surface area contributed by atoms with E-state index in [0.29, 0.717) is 45.2 Å². The number of amides is 1. The van der Waals surface area contributed by atoms with Crippen LogP contribution in [0.5, 0.6) is 0 Å². The Kier molecular flexibility index (Phi) is 10.1. The van der Waals surface area contributed by atoms with Crippen LogP contribution in [-0.4, -0.2) is 106 Å². The summed E-state index contributed by atoms with van der Waals surface area (Å²) in [6.07, 6.45) is 4.52. The van der Waals surface area contributed by atoms with Crippen molar-refractivity contribution in [1.29, 1.82) is 0 Å². The van der Waals surface area contributed by atoms with Crippen molar-refractivity contribution in [2.45, 2.75) is 38.7 Å². The van der Waals surface area contributed by atoms with Crippen molar-refractivity contribution in [1.82, 2.24) is 19.4 Å². The number of carbonyl (C=O) groups is 1. The summed E-state index contributed by atoms with van der Waals surface area (Å²) in [4.78, 5) is 21.5. The Bertz CT molecular complexity index is 683. The number of hydrogen-bond donors (Lipinski definition) is 1. The summed E-state index contributed by atoms with van der Waals surface area (Å²) in [5.74, 6) is 1.42. The summed E-state index contributed by atoms with van der Waals surface area (Å²) >= 11 is 0. The van der Waals surface area contributed by atoms with Gasteiger partial charge in [-0.2, -0.15) is 0 Å². The number of rotatable bonds is 5. The summed E-state index contributed by atoms with van der Waals surface area (Å²) in [6, 6.07) is 0. The van der Waals surface area contributed by atoms with Gasteiger partial charge in [-0.3, -0.25) is 9.79 Å². The van der Waals surface area contributed by atoms with E-state index in [1.54, 1.807) is 4.31 Å². The summed E-state index contributed by atoms with van der Waals surface area (Å²) in [5, 5.41) is 3.37. The molecule has 3 rings (SSSR count). The number of carbonyl (C=O) groups excluding carboxylic acids is 1. The maximum absolute atomic E-state index is 12.5. The molecule has 3 aliphatic rings. The lowest BCUT2D eigenvalue weighted by atomic mass is 9.98. The fourth-order valence-corrected chi connectivity index (χ4v) is 5.05. The average molecular weight is 557 g/mol. The van der Waals surface area contributed by atoms with E-state index in [9.17, 15) is 13.2 Å². The van der Waals surface area contributed by atoms with Crippen molar-refractivity contribution in [2.75, 3.05) is 65.2 Å². The van der Waals surface area contributed by atoms with Crippen LogP contribution in [0, 0.1) is 5.92 Å². The highest BCUT2D eigenvalue weighted by molar-refractivity contribution is 14.0. The Morgan fingerprint density at radius 2 is 1.70 bits per heavy atom. The lowest BCUT2D eigenvalue weighted by Gasteiger charge is -2.37. The summed E-state index contributed by atoms with van der Waals surface area (Å²) in [6.45, 7) is 8.31. The molecular weight excluding hydrogens is 521 g/mol. The van der Waals surface area contributed by atoms with E-state index in [0.717, 1.165) is 51.3 Å². The Hall–Kier alpha value is -0.660. The zero-order valence-electron chi connectivity index (χ0n) is 18.1. The van der Waals surface area contributed by atoms with Gasteiger partial charge >= 0.3 is 0 Å². The third-order valence-electron chi connectivity index (χ3n) is 5.97. The Labute approximate surface area is 197 Å². The van der Waals surface area contributed by atoms with E-state index in [1.807, 2.05) is 4.90 Å². The standard InChI is InChI=1S/C19H35N5O4S.HI/c1-3-20-19(21-15-16-6-8-24(9-7-16)29(2,26)27)23-12-10-22(11-13-23)18(25)17-5-4-14-28-17;/h16-17H,3-15H2,1-2H3,(H,20,21);1H. The minimum atomic E-state index is -3.09. The van der Waals surface area contributed by atoms with Gasteiger partial charge in [-0.1, -0.05) is 0 Å². The molecule has 0 saturated carbocycles. The van der Waals surface area contributed by atoms with E-state index in [2.05, 4.69) is 17.1 Å². The van der Waals surface area contributed by atoms with Gasteiger partial charge in [0.2, 0.25) is 10.0 Å². The molecule has 174 valence electrons. The number of piperidine rings is 1. The Morgan fingerprint density at radius 3 is 2.23 bits per heavy atom. The zero-order chi connectivity index (χ0) is 20.9. The number of sulfonamides is 1. The maximum Gasteiger partial charge on any atom is 0.251 e. The zero-order valence-corrected chi connectivity index (χ0v) is 21.2. The number of nitrogens with zero attached hydrogens (tertiary/aromatic N) is 4. The monoisotopic (exact) mass is 557 g/mol. The van der Waals surface area contributed by atoms with Gasteiger partial charge in [-0.05, 0) is 38.5 Å². The number of piperazine rings is 1. The second-order valence-corrected chi connectivity index (χ2v) is 10.1. The van der Waals surface area contributed by atoms with Crippen LogP contribution in [0.15, 0.2) is 4.99 Å². The number of hydrogen-bond acceptors (Lipinski definition) is 5. The molecule has 0 aromatic heterocycles. The molecule has 3 saturated heterocycles. The van der Waals surface area contributed by atoms with E-state index in [-0.39, 0.29) is 36.0 Å². The largest absolute Gasteiger partial charge is 0.368 e. The van der Waals surface area contributed by atoms with Crippen molar-refractivity contribution in [2.24, 2.45) is 10.9 Å².